The van der Waals surface area contributed by atoms with Crippen LogP contribution in [0.4, 0.5) is 5.13 Å². The van der Waals surface area contributed by atoms with Gasteiger partial charge in [0.05, 0.1) is 0 Å². The molecule has 2 N–H and O–H groups in total. The van der Waals surface area contributed by atoms with Gasteiger partial charge >= 0.3 is 0 Å². The van der Waals surface area contributed by atoms with E-state index in [1.807, 2.05) is 0 Å². The average molecular weight is 334 g/mol. The predicted molar refractivity (Wildman–Crippen MR) is 77.4 cm³/mol. The third kappa shape index (κ3) is 3.76. The standard InChI is InChI=1S/C11H18N4O4S2/c1-8(17)12-10-13-14-11(20-10)21(18,19)15-6-2-4-9(15)5-3-7-16/h9,16H,2-7H2,1H3,(H,12,13,17). The molecule has 8 nitrogen and oxygen atoms in total. The van der Waals surface area contributed by atoms with Crippen LogP contribution in [0.2, 0.25) is 0 Å². The summed E-state index contributed by atoms with van der Waals surface area (Å²) in [6, 6.07) is -0.102. The maximum atomic E-state index is 12.6. The van der Waals surface area contributed by atoms with E-state index < -0.39 is 10.0 Å². The number of aliphatic hydroxyl groups excluding tert-OH is 1. The highest BCUT2D eigenvalue weighted by molar-refractivity contribution is 7.91. The molecule has 1 aliphatic heterocycles. The molecule has 1 unspecified atom stereocenters. The number of aromatic nitrogens is 2. The summed E-state index contributed by atoms with van der Waals surface area (Å²) in [5.41, 5.74) is 0. The molecule has 10 heteroatoms. The van der Waals surface area contributed by atoms with Gasteiger partial charge in [-0.1, -0.05) is 11.3 Å². The highest BCUT2D eigenvalue weighted by Crippen LogP contribution is 2.30. The summed E-state index contributed by atoms with van der Waals surface area (Å²) in [6.45, 7) is 1.82. The van der Waals surface area contributed by atoms with Crippen LogP contribution in [-0.4, -0.2) is 53.1 Å². The van der Waals surface area contributed by atoms with E-state index in [2.05, 4.69) is 15.5 Å². The van der Waals surface area contributed by atoms with Crippen LogP contribution >= 0.6 is 11.3 Å². The van der Waals surface area contributed by atoms with E-state index in [0.29, 0.717) is 19.4 Å². The van der Waals surface area contributed by atoms with Crippen LogP contribution in [0, 0.1) is 0 Å². The lowest BCUT2D eigenvalue weighted by atomic mass is 10.1. The van der Waals surface area contributed by atoms with E-state index in [0.717, 1.165) is 24.2 Å². The molecular weight excluding hydrogens is 316 g/mol. The molecular formula is C11H18N4O4S2. The summed E-state index contributed by atoms with van der Waals surface area (Å²) >= 11 is 0.848. The Morgan fingerprint density at radius 3 is 2.95 bits per heavy atom. The Balaban J connectivity index is 2.16. The summed E-state index contributed by atoms with van der Waals surface area (Å²) in [6.07, 6.45) is 2.79. The highest BCUT2D eigenvalue weighted by atomic mass is 32.2. The van der Waals surface area contributed by atoms with Crippen molar-refractivity contribution in [1.29, 1.82) is 0 Å². The number of amides is 1. The maximum Gasteiger partial charge on any atom is 0.272 e. The Kier molecular flexibility index (Phi) is 5.25. The average Bonchev–Trinajstić information content (AvgIpc) is 3.04. The molecule has 1 fully saturated rings. The van der Waals surface area contributed by atoms with Crippen molar-refractivity contribution in [3.05, 3.63) is 0 Å². The molecule has 1 aromatic rings. The third-order valence-electron chi connectivity index (χ3n) is 3.24. The molecule has 1 amide bonds. The molecule has 1 aliphatic rings. The van der Waals surface area contributed by atoms with Gasteiger partial charge in [0.1, 0.15) is 0 Å². The van der Waals surface area contributed by atoms with Crippen molar-refractivity contribution < 1.29 is 18.3 Å². The number of hydrogen-bond acceptors (Lipinski definition) is 7. The Hall–Kier alpha value is -1.10. The predicted octanol–water partition coefficient (Wildman–Crippen LogP) is 0.422. The summed E-state index contributed by atoms with van der Waals surface area (Å²) < 4.78 is 26.5. The van der Waals surface area contributed by atoms with Crippen molar-refractivity contribution in [2.24, 2.45) is 0 Å². The molecule has 0 spiro atoms. The summed E-state index contributed by atoms with van der Waals surface area (Å²) in [7, 11) is -3.69. The molecule has 118 valence electrons. The molecule has 1 saturated heterocycles. The lowest BCUT2D eigenvalue weighted by molar-refractivity contribution is -0.114. The number of hydrogen-bond donors (Lipinski definition) is 2. The van der Waals surface area contributed by atoms with Gasteiger partial charge in [-0.2, -0.15) is 4.31 Å². The first-order chi connectivity index (χ1) is 9.95. The van der Waals surface area contributed by atoms with Crippen LogP contribution in [0.15, 0.2) is 4.34 Å². The molecule has 0 radical (unpaired) electrons. The number of nitrogens with zero attached hydrogens (tertiary/aromatic N) is 3. The molecule has 2 rings (SSSR count). The van der Waals surface area contributed by atoms with Crippen molar-refractivity contribution >= 4 is 32.4 Å². The van der Waals surface area contributed by atoms with Crippen molar-refractivity contribution in [3.63, 3.8) is 0 Å². The van der Waals surface area contributed by atoms with Gasteiger partial charge in [-0.25, -0.2) is 8.42 Å². The summed E-state index contributed by atoms with van der Waals surface area (Å²) in [4.78, 5) is 10.9. The molecule has 21 heavy (non-hydrogen) atoms. The number of sulfonamides is 1. The number of rotatable bonds is 6. The lowest BCUT2D eigenvalue weighted by Crippen LogP contribution is -2.35. The summed E-state index contributed by atoms with van der Waals surface area (Å²) in [5.74, 6) is -0.322. The number of carbonyl (C=O) groups is 1. The first-order valence-corrected chi connectivity index (χ1v) is 8.94. The van der Waals surface area contributed by atoms with Gasteiger partial charge in [-0.3, -0.25) is 4.79 Å². The first-order valence-electron chi connectivity index (χ1n) is 6.69. The van der Waals surface area contributed by atoms with Crippen LogP contribution in [0.25, 0.3) is 0 Å². The van der Waals surface area contributed by atoms with E-state index in [1.165, 1.54) is 11.2 Å². The molecule has 1 aromatic heterocycles. The van der Waals surface area contributed by atoms with Crippen LogP contribution in [0.1, 0.15) is 32.6 Å². The van der Waals surface area contributed by atoms with E-state index in [4.69, 9.17) is 5.11 Å². The molecule has 0 bridgehead atoms. The number of carbonyl (C=O) groups excluding carboxylic acids is 1. The zero-order valence-corrected chi connectivity index (χ0v) is 13.3. The zero-order valence-electron chi connectivity index (χ0n) is 11.7. The molecule has 0 aromatic carbocycles. The van der Waals surface area contributed by atoms with Crippen LogP contribution in [0.5, 0.6) is 0 Å². The molecule has 0 saturated carbocycles. The van der Waals surface area contributed by atoms with Crippen molar-refractivity contribution in [2.45, 2.75) is 43.0 Å². The van der Waals surface area contributed by atoms with Crippen LogP contribution in [0.3, 0.4) is 0 Å². The minimum Gasteiger partial charge on any atom is -0.396 e. The SMILES string of the molecule is CC(=O)Nc1nnc(S(=O)(=O)N2CCCC2CCCO)s1. The lowest BCUT2D eigenvalue weighted by Gasteiger charge is -2.22. The monoisotopic (exact) mass is 334 g/mol. The smallest absolute Gasteiger partial charge is 0.272 e. The van der Waals surface area contributed by atoms with Crippen molar-refractivity contribution in [3.8, 4) is 0 Å². The topological polar surface area (TPSA) is 112 Å². The largest absolute Gasteiger partial charge is 0.396 e. The Morgan fingerprint density at radius 2 is 2.29 bits per heavy atom. The van der Waals surface area contributed by atoms with Gasteiger partial charge in [-0.05, 0) is 25.7 Å². The molecule has 2 heterocycles. The van der Waals surface area contributed by atoms with Gasteiger partial charge in [0.2, 0.25) is 15.4 Å². The van der Waals surface area contributed by atoms with Gasteiger partial charge in [0.15, 0.2) is 0 Å². The molecule has 0 aliphatic carbocycles. The Morgan fingerprint density at radius 1 is 1.52 bits per heavy atom. The maximum absolute atomic E-state index is 12.6. The van der Waals surface area contributed by atoms with E-state index in [9.17, 15) is 13.2 Å². The van der Waals surface area contributed by atoms with Gasteiger partial charge in [0, 0.05) is 26.1 Å². The normalized spacial score (nSPS) is 19.8. The fourth-order valence-corrected chi connectivity index (χ4v) is 5.14. The van der Waals surface area contributed by atoms with Crippen molar-refractivity contribution in [2.75, 3.05) is 18.5 Å². The zero-order chi connectivity index (χ0) is 15.5. The van der Waals surface area contributed by atoms with E-state index >= 15 is 0 Å². The minimum atomic E-state index is -3.69. The first kappa shape index (κ1) is 16.3. The fourth-order valence-electron chi connectivity index (χ4n) is 2.36. The highest BCUT2D eigenvalue weighted by Gasteiger charge is 2.37. The second kappa shape index (κ2) is 6.77. The Bertz CT molecular complexity index is 601. The fraction of sp³-hybridized carbons (Fsp3) is 0.727. The van der Waals surface area contributed by atoms with Crippen LogP contribution in [-0.2, 0) is 14.8 Å². The number of aliphatic hydroxyl groups is 1. The summed E-state index contributed by atoms with van der Waals surface area (Å²) in [5, 5.41) is 18.8. The van der Waals surface area contributed by atoms with E-state index in [1.54, 1.807) is 0 Å². The second-order valence-corrected chi connectivity index (χ2v) is 7.87. The Labute approximate surface area is 127 Å². The third-order valence-corrected chi connectivity index (χ3v) is 6.37. The van der Waals surface area contributed by atoms with E-state index in [-0.39, 0.29) is 28.0 Å². The molecule has 1 atom stereocenters. The second-order valence-electron chi connectivity index (χ2n) is 4.83. The quantitative estimate of drug-likeness (QED) is 0.729. The van der Waals surface area contributed by atoms with Gasteiger partial charge in [-0.15, -0.1) is 10.2 Å². The minimum absolute atomic E-state index is 0.0515. The number of nitrogens with one attached hydrogen (secondary N) is 1. The van der Waals surface area contributed by atoms with Crippen LogP contribution < -0.4 is 5.32 Å². The van der Waals surface area contributed by atoms with Crippen molar-refractivity contribution in [1.82, 2.24) is 14.5 Å². The van der Waals surface area contributed by atoms with Gasteiger partial charge < -0.3 is 10.4 Å². The van der Waals surface area contributed by atoms with Gasteiger partial charge in [0.25, 0.3) is 10.0 Å². The number of anilines is 1.